The van der Waals surface area contributed by atoms with Gasteiger partial charge >= 0.3 is 0 Å². The van der Waals surface area contributed by atoms with E-state index in [9.17, 15) is 4.39 Å². The van der Waals surface area contributed by atoms with Crippen LogP contribution in [0.4, 0.5) is 4.39 Å². The fraction of sp³-hybridized carbons (Fsp3) is 0.474. The van der Waals surface area contributed by atoms with Gasteiger partial charge in [0, 0.05) is 32.0 Å². The van der Waals surface area contributed by atoms with E-state index in [1.54, 1.807) is 0 Å². The molecule has 0 spiro atoms. The van der Waals surface area contributed by atoms with Crippen LogP contribution in [0.1, 0.15) is 32.2 Å². The first-order chi connectivity index (χ1) is 12.1. The maximum absolute atomic E-state index is 12.9. The molecule has 0 aliphatic rings. The summed E-state index contributed by atoms with van der Waals surface area (Å²) < 4.78 is 15.1. The van der Waals surface area contributed by atoms with Gasteiger partial charge in [-0.2, -0.15) is 0 Å². The molecular weight excluding hydrogens is 444 g/mol. The van der Waals surface area contributed by atoms with Gasteiger partial charge in [-0.15, -0.1) is 24.0 Å². The highest BCUT2D eigenvalue weighted by Gasteiger charge is 2.05. The van der Waals surface area contributed by atoms with Crippen molar-refractivity contribution < 1.29 is 4.39 Å². The molecule has 0 bridgehead atoms. The minimum Gasteiger partial charge on any atom is -0.357 e. The molecule has 0 saturated carbocycles. The Morgan fingerprint density at radius 2 is 1.96 bits per heavy atom. The maximum Gasteiger partial charge on any atom is 0.191 e. The van der Waals surface area contributed by atoms with Crippen LogP contribution in [0, 0.1) is 11.7 Å². The fourth-order valence-electron chi connectivity index (χ4n) is 2.52. The van der Waals surface area contributed by atoms with Crippen molar-refractivity contribution in [3.63, 3.8) is 0 Å². The van der Waals surface area contributed by atoms with Gasteiger partial charge in [-0.1, -0.05) is 26.0 Å². The van der Waals surface area contributed by atoms with E-state index in [-0.39, 0.29) is 29.8 Å². The number of aliphatic imine (C=N–C) groups is 1. The first-order valence-electron chi connectivity index (χ1n) is 8.85. The highest BCUT2D eigenvalue weighted by atomic mass is 127. The number of nitrogens with zero attached hydrogens (tertiary/aromatic N) is 3. The average Bonchev–Trinajstić information content (AvgIpc) is 3.01. The molecule has 0 unspecified atom stereocenters. The molecule has 0 radical (unpaired) electrons. The second-order valence-electron chi connectivity index (χ2n) is 6.39. The molecule has 0 saturated heterocycles. The van der Waals surface area contributed by atoms with Crippen LogP contribution in [0.25, 0.3) is 0 Å². The van der Waals surface area contributed by atoms with E-state index < -0.39 is 0 Å². The summed E-state index contributed by atoms with van der Waals surface area (Å²) in [6.45, 7) is 9.42. The van der Waals surface area contributed by atoms with Crippen molar-refractivity contribution in [1.29, 1.82) is 0 Å². The summed E-state index contributed by atoms with van der Waals surface area (Å²) in [5, 5.41) is 6.56. The Morgan fingerprint density at radius 1 is 1.23 bits per heavy atom. The third kappa shape index (κ3) is 7.72. The molecule has 7 heteroatoms. The first kappa shape index (κ1) is 22.4. The van der Waals surface area contributed by atoms with Crippen molar-refractivity contribution in [2.75, 3.05) is 13.1 Å². The molecule has 26 heavy (non-hydrogen) atoms. The molecule has 0 fully saturated rings. The van der Waals surface area contributed by atoms with Crippen LogP contribution in [0.2, 0.25) is 0 Å². The van der Waals surface area contributed by atoms with Crippen LogP contribution < -0.4 is 10.6 Å². The molecule has 144 valence electrons. The monoisotopic (exact) mass is 473 g/mol. The van der Waals surface area contributed by atoms with E-state index in [4.69, 9.17) is 0 Å². The highest BCUT2D eigenvalue weighted by Crippen LogP contribution is 2.05. The molecule has 5 nitrogen and oxygen atoms in total. The summed E-state index contributed by atoms with van der Waals surface area (Å²) in [6, 6.07) is 6.60. The van der Waals surface area contributed by atoms with Gasteiger partial charge in [-0.3, -0.25) is 0 Å². The lowest BCUT2D eigenvalue weighted by Crippen LogP contribution is -2.38. The van der Waals surface area contributed by atoms with Crippen molar-refractivity contribution in [3.05, 3.63) is 53.9 Å². The van der Waals surface area contributed by atoms with Crippen molar-refractivity contribution in [1.82, 2.24) is 20.2 Å². The summed E-state index contributed by atoms with van der Waals surface area (Å²) in [4.78, 5) is 9.02. The van der Waals surface area contributed by atoms with E-state index >= 15 is 0 Å². The number of halogens is 2. The quantitative estimate of drug-likeness (QED) is 0.350. The van der Waals surface area contributed by atoms with Crippen LogP contribution >= 0.6 is 24.0 Å². The zero-order valence-electron chi connectivity index (χ0n) is 15.7. The lowest BCUT2D eigenvalue weighted by Gasteiger charge is -2.12. The highest BCUT2D eigenvalue weighted by molar-refractivity contribution is 14.0. The number of rotatable bonds is 8. The molecule has 1 aromatic heterocycles. The second-order valence-corrected chi connectivity index (χ2v) is 6.39. The number of hydrogen-bond acceptors (Lipinski definition) is 2. The molecule has 0 aliphatic carbocycles. The van der Waals surface area contributed by atoms with Crippen molar-refractivity contribution in [2.24, 2.45) is 10.9 Å². The third-order valence-electron chi connectivity index (χ3n) is 3.71. The second kappa shape index (κ2) is 11.9. The Balaban J connectivity index is 0.00000338. The van der Waals surface area contributed by atoms with Crippen molar-refractivity contribution in [2.45, 2.75) is 40.3 Å². The Labute approximate surface area is 172 Å². The summed E-state index contributed by atoms with van der Waals surface area (Å²) in [7, 11) is 0. The summed E-state index contributed by atoms with van der Waals surface area (Å²) >= 11 is 0. The summed E-state index contributed by atoms with van der Waals surface area (Å²) in [6.07, 6.45) is 4.63. The largest absolute Gasteiger partial charge is 0.357 e. The van der Waals surface area contributed by atoms with E-state index in [0.29, 0.717) is 12.5 Å². The molecule has 0 aliphatic heterocycles. The van der Waals surface area contributed by atoms with Gasteiger partial charge in [-0.25, -0.2) is 14.4 Å². The summed E-state index contributed by atoms with van der Waals surface area (Å²) in [5.74, 6) is 2.09. The number of hydrogen-bond donors (Lipinski definition) is 2. The molecule has 2 aromatic rings. The normalized spacial score (nSPS) is 11.3. The van der Waals surface area contributed by atoms with Gasteiger partial charge in [0.05, 0.1) is 0 Å². The molecule has 0 atom stereocenters. The number of guanidine groups is 1. The molecule has 1 heterocycles. The predicted molar refractivity (Wildman–Crippen MR) is 115 cm³/mol. The Kier molecular flexibility index (Phi) is 10.2. The van der Waals surface area contributed by atoms with Crippen LogP contribution in [0.3, 0.4) is 0 Å². The van der Waals surface area contributed by atoms with Gasteiger partial charge in [0.2, 0.25) is 0 Å². The van der Waals surface area contributed by atoms with E-state index in [1.165, 1.54) is 12.1 Å². The maximum atomic E-state index is 12.9. The van der Waals surface area contributed by atoms with Crippen LogP contribution in [0.15, 0.2) is 41.7 Å². The lowest BCUT2D eigenvalue weighted by molar-refractivity contribution is 0.507. The van der Waals surface area contributed by atoms with E-state index in [2.05, 4.69) is 39.0 Å². The minimum absolute atomic E-state index is 0. The van der Waals surface area contributed by atoms with Crippen molar-refractivity contribution in [3.8, 4) is 0 Å². The van der Waals surface area contributed by atoms with Crippen LogP contribution in [-0.2, 0) is 19.5 Å². The fourth-order valence-corrected chi connectivity index (χ4v) is 2.52. The third-order valence-corrected chi connectivity index (χ3v) is 3.71. The van der Waals surface area contributed by atoms with Crippen LogP contribution in [0.5, 0.6) is 0 Å². The molecule has 2 rings (SSSR count). The van der Waals surface area contributed by atoms with Crippen LogP contribution in [-0.4, -0.2) is 28.6 Å². The molecular formula is C19H29FIN5. The summed E-state index contributed by atoms with van der Waals surface area (Å²) in [5.41, 5.74) is 1.09. The Hall–Kier alpha value is -1.64. The van der Waals surface area contributed by atoms with Gasteiger partial charge < -0.3 is 15.2 Å². The van der Waals surface area contributed by atoms with Gasteiger partial charge in [0.25, 0.3) is 0 Å². The smallest absolute Gasteiger partial charge is 0.191 e. The van der Waals surface area contributed by atoms with E-state index in [0.717, 1.165) is 43.4 Å². The van der Waals surface area contributed by atoms with Gasteiger partial charge in [0.1, 0.15) is 18.2 Å². The van der Waals surface area contributed by atoms with Gasteiger partial charge in [-0.05, 0) is 37.0 Å². The molecule has 1 aromatic carbocycles. The predicted octanol–water partition coefficient (Wildman–Crippen LogP) is 3.59. The average molecular weight is 473 g/mol. The molecule has 2 N–H and O–H groups in total. The van der Waals surface area contributed by atoms with E-state index in [1.807, 2.05) is 31.5 Å². The lowest BCUT2D eigenvalue weighted by atomic mass is 10.1. The Morgan fingerprint density at radius 3 is 2.62 bits per heavy atom. The number of imidazole rings is 1. The SMILES string of the molecule is CCNC(=NCc1nccn1CC(C)C)NCCc1ccc(F)cc1.I. The van der Waals surface area contributed by atoms with Gasteiger partial charge in [0.15, 0.2) is 5.96 Å². The Bertz CT molecular complexity index is 667. The number of benzene rings is 1. The topological polar surface area (TPSA) is 54.2 Å². The van der Waals surface area contributed by atoms with Crippen molar-refractivity contribution >= 4 is 29.9 Å². The number of aromatic nitrogens is 2. The standard InChI is InChI=1S/C19H28FN5.HI/c1-4-21-19(23-10-9-16-5-7-17(20)8-6-16)24-13-18-22-11-12-25(18)14-15(2)3;/h5-8,11-12,15H,4,9-10,13-14H2,1-3H3,(H2,21,23,24);1H. The zero-order valence-corrected chi connectivity index (χ0v) is 18.0. The molecule has 0 amide bonds. The number of nitrogens with one attached hydrogen (secondary N) is 2. The first-order valence-corrected chi connectivity index (χ1v) is 8.85. The minimum atomic E-state index is -0.205. The zero-order chi connectivity index (χ0) is 18.1.